The highest BCUT2D eigenvalue weighted by Gasteiger charge is 2.42. The van der Waals surface area contributed by atoms with E-state index in [1.165, 1.54) is 5.56 Å². The Bertz CT molecular complexity index is 1370. The van der Waals surface area contributed by atoms with Crippen molar-refractivity contribution in [2.45, 2.75) is 32.9 Å². The quantitative estimate of drug-likeness (QED) is 0.294. The summed E-state index contributed by atoms with van der Waals surface area (Å²) in [6.07, 6.45) is 1.82. The second-order valence-electron chi connectivity index (χ2n) is 8.57. The van der Waals surface area contributed by atoms with Crippen molar-refractivity contribution in [3.8, 4) is 5.69 Å². The lowest BCUT2D eigenvalue weighted by molar-refractivity contribution is 0.565. The molecule has 2 aromatic heterocycles. The fourth-order valence-electron chi connectivity index (χ4n) is 4.78. The zero-order valence-corrected chi connectivity index (χ0v) is 21.4. The van der Waals surface area contributed by atoms with E-state index in [0.29, 0.717) is 15.2 Å². The Balaban J connectivity index is 1.70. The van der Waals surface area contributed by atoms with Crippen LogP contribution in [0.15, 0.2) is 72.9 Å². The molecule has 172 valence electrons. The number of aromatic nitrogens is 2. The van der Waals surface area contributed by atoms with Crippen LogP contribution in [0, 0.1) is 20.8 Å². The largest absolute Gasteiger partial charge is 0.351 e. The van der Waals surface area contributed by atoms with Gasteiger partial charge in [0.1, 0.15) is 0 Å². The summed E-state index contributed by atoms with van der Waals surface area (Å²) in [6, 6.07) is 22.1. The van der Waals surface area contributed by atoms with Crippen molar-refractivity contribution in [2.75, 3.05) is 4.90 Å². The third-order valence-corrected chi connectivity index (χ3v) is 7.49. The molecule has 2 atom stereocenters. The van der Waals surface area contributed by atoms with Gasteiger partial charge in [-0.15, -0.1) is 0 Å². The van der Waals surface area contributed by atoms with Crippen LogP contribution in [0.25, 0.3) is 5.69 Å². The molecule has 1 N–H and O–H groups in total. The average molecular weight is 507 g/mol. The summed E-state index contributed by atoms with van der Waals surface area (Å²) in [7, 11) is 0. The molecule has 0 unspecified atom stereocenters. The Hall–Kier alpha value is -2.86. The van der Waals surface area contributed by atoms with Gasteiger partial charge in [0.15, 0.2) is 5.11 Å². The van der Waals surface area contributed by atoms with Gasteiger partial charge in [0.05, 0.1) is 33.5 Å². The molecule has 5 rings (SSSR count). The highest BCUT2D eigenvalue weighted by Crippen LogP contribution is 2.44. The maximum absolute atomic E-state index is 6.62. The number of rotatable bonds is 4. The van der Waals surface area contributed by atoms with Crippen molar-refractivity contribution in [1.29, 1.82) is 0 Å². The maximum Gasteiger partial charge on any atom is 0.174 e. The molecular weight excluding hydrogens is 483 g/mol. The van der Waals surface area contributed by atoms with Crippen LogP contribution in [0.2, 0.25) is 10.0 Å². The second-order valence-corrected chi connectivity index (χ2v) is 9.74. The van der Waals surface area contributed by atoms with Crippen LogP contribution in [0.3, 0.4) is 0 Å². The summed E-state index contributed by atoms with van der Waals surface area (Å²) in [6.45, 7) is 6.28. The molecule has 0 aliphatic carbocycles. The number of hydrogen-bond donors (Lipinski definition) is 1. The van der Waals surface area contributed by atoms with Crippen LogP contribution in [0.1, 0.15) is 40.3 Å². The highest BCUT2D eigenvalue weighted by molar-refractivity contribution is 7.80. The van der Waals surface area contributed by atoms with Crippen LogP contribution in [-0.4, -0.2) is 14.7 Å². The molecule has 0 radical (unpaired) electrons. The lowest BCUT2D eigenvalue weighted by Crippen LogP contribution is -2.29. The summed E-state index contributed by atoms with van der Waals surface area (Å²) >= 11 is 18.8. The Kier molecular flexibility index (Phi) is 6.11. The predicted molar refractivity (Wildman–Crippen MR) is 144 cm³/mol. The molecule has 0 saturated carbocycles. The van der Waals surface area contributed by atoms with E-state index >= 15 is 0 Å². The average Bonchev–Trinajstić information content (AvgIpc) is 3.32. The predicted octanol–water partition coefficient (Wildman–Crippen LogP) is 7.28. The minimum Gasteiger partial charge on any atom is -0.351 e. The van der Waals surface area contributed by atoms with Gasteiger partial charge in [-0.2, -0.15) is 0 Å². The van der Waals surface area contributed by atoms with E-state index in [-0.39, 0.29) is 12.1 Å². The summed E-state index contributed by atoms with van der Waals surface area (Å²) < 4.78 is 2.16. The van der Waals surface area contributed by atoms with E-state index in [9.17, 15) is 0 Å². The minimum atomic E-state index is -0.112. The van der Waals surface area contributed by atoms with E-state index < -0.39 is 0 Å². The molecule has 4 aromatic rings. The standard InChI is InChI=1S/C27H24Cl2N4S/c1-16-10-12-19(13-11-16)33-26(25(31-27(33)34)22-8-4-5-14-30-22)20-15-17(2)32(18(20)3)23-9-6-7-21(28)24(23)29/h4-15,25-26H,1-3H3,(H,31,34)/t25-,26-/m1/s1. The van der Waals surface area contributed by atoms with E-state index in [2.05, 4.69) is 70.9 Å². The van der Waals surface area contributed by atoms with Crippen molar-refractivity contribution in [2.24, 2.45) is 0 Å². The zero-order valence-electron chi connectivity index (χ0n) is 19.1. The molecule has 0 spiro atoms. The van der Waals surface area contributed by atoms with Gasteiger partial charge in [-0.3, -0.25) is 4.98 Å². The first-order valence-corrected chi connectivity index (χ1v) is 12.2. The van der Waals surface area contributed by atoms with Crippen molar-refractivity contribution < 1.29 is 0 Å². The number of anilines is 1. The topological polar surface area (TPSA) is 33.1 Å². The molecule has 1 aliphatic rings. The van der Waals surface area contributed by atoms with Gasteiger partial charge in [-0.25, -0.2) is 0 Å². The lowest BCUT2D eigenvalue weighted by atomic mass is 9.96. The minimum absolute atomic E-state index is 0.0944. The fraction of sp³-hybridized carbons (Fsp3) is 0.185. The van der Waals surface area contributed by atoms with Gasteiger partial charge >= 0.3 is 0 Å². The molecule has 1 aliphatic heterocycles. The van der Waals surface area contributed by atoms with Crippen LogP contribution >= 0.6 is 35.4 Å². The number of nitrogens with one attached hydrogen (secondary N) is 1. The van der Waals surface area contributed by atoms with Crippen LogP contribution in [0.5, 0.6) is 0 Å². The molecule has 3 heterocycles. The van der Waals surface area contributed by atoms with Crippen LogP contribution in [0.4, 0.5) is 5.69 Å². The van der Waals surface area contributed by atoms with E-state index in [4.69, 9.17) is 35.4 Å². The molecular formula is C27H24Cl2N4S. The van der Waals surface area contributed by atoms with Crippen molar-refractivity contribution in [3.63, 3.8) is 0 Å². The SMILES string of the molecule is Cc1ccc(N2C(=S)N[C@H](c3ccccn3)[C@H]2c2cc(C)n(-c3cccc(Cl)c3Cl)c2C)cc1. The molecule has 1 saturated heterocycles. The Morgan fingerprint density at radius 3 is 2.41 bits per heavy atom. The number of nitrogens with zero attached hydrogens (tertiary/aromatic N) is 3. The second kappa shape index (κ2) is 9.06. The summed E-state index contributed by atoms with van der Waals surface area (Å²) in [5.74, 6) is 0. The van der Waals surface area contributed by atoms with Gasteiger partial charge in [-0.05, 0) is 81.0 Å². The number of aryl methyl sites for hydroxylation is 2. The first-order chi connectivity index (χ1) is 16.4. The van der Waals surface area contributed by atoms with Crippen LogP contribution < -0.4 is 10.2 Å². The Labute approximate surface area is 215 Å². The van der Waals surface area contributed by atoms with E-state index in [1.54, 1.807) is 6.07 Å². The van der Waals surface area contributed by atoms with Gasteiger partial charge in [0.2, 0.25) is 0 Å². The van der Waals surface area contributed by atoms with Gasteiger partial charge < -0.3 is 14.8 Å². The van der Waals surface area contributed by atoms with E-state index in [0.717, 1.165) is 34.0 Å². The zero-order chi connectivity index (χ0) is 24.0. The molecule has 4 nitrogen and oxygen atoms in total. The van der Waals surface area contributed by atoms with Crippen molar-refractivity contribution in [1.82, 2.24) is 14.9 Å². The Morgan fingerprint density at radius 1 is 0.941 bits per heavy atom. The number of hydrogen-bond acceptors (Lipinski definition) is 2. The number of benzene rings is 2. The summed E-state index contributed by atoms with van der Waals surface area (Å²) in [5.41, 5.74) is 7.34. The first kappa shape index (κ1) is 22.9. The number of pyridine rings is 1. The van der Waals surface area contributed by atoms with E-state index in [1.807, 2.05) is 36.5 Å². The van der Waals surface area contributed by atoms with Crippen molar-refractivity contribution in [3.05, 3.63) is 111 Å². The summed E-state index contributed by atoms with van der Waals surface area (Å²) in [4.78, 5) is 6.86. The molecule has 0 amide bonds. The maximum atomic E-state index is 6.62. The fourth-order valence-corrected chi connectivity index (χ4v) is 5.50. The third kappa shape index (κ3) is 3.88. The smallest absolute Gasteiger partial charge is 0.174 e. The van der Waals surface area contributed by atoms with Gasteiger partial charge in [0, 0.05) is 23.3 Å². The normalized spacial score (nSPS) is 17.8. The summed E-state index contributed by atoms with van der Waals surface area (Å²) in [5, 5.41) is 5.28. The van der Waals surface area contributed by atoms with Crippen LogP contribution in [-0.2, 0) is 0 Å². The molecule has 0 bridgehead atoms. The number of thiocarbonyl (C=S) groups is 1. The molecule has 2 aromatic carbocycles. The lowest BCUT2D eigenvalue weighted by Gasteiger charge is -2.28. The monoisotopic (exact) mass is 506 g/mol. The van der Waals surface area contributed by atoms with Crippen molar-refractivity contribution >= 4 is 46.2 Å². The van der Waals surface area contributed by atoms with Gasteiger partial charge in [-0.1, -0.05) is 53.0 Å². The van der Waals surface area contributed by atoms with Gasteiger partial charge in [0.25, 0.3) is 0 Å². The highest BCUT2D eigenvalue weighted by atomic mass is 35.5. The Morgan fingerprint density at radius 2 is 1.71 bits per heavy atom. The molecule has 34 heavy (non-hydrogen) atoms. The first-order valence-electron chi connectivity index (χ1n) is 11.1. The number of halogens is 2. The third-order valence-electron chi connectivity index (χ3n) is 6.37. The molecule has 7 heteroatoms. The molecule has 1 fully saturated rings.